The lowest BCUT2D eigenvalue weighted by atomic mass is 10.1. The summed E-state index contributed by atoms with van der Waals surface area (Å²) < 4.78 is 35.9. The second-order valence-electron chi connectivity index (χ2n) is 2.97. The van der Waals surface area contributed by atoms with Crippen LogP contribution in [0.5, 0.6) is 0 Å². The van der Waals surface area contributed by atoms with E-state index in [-0.39, 0.29) is 0 Å². The highest BCUT2D eigenvalue weighted by atomic mass is 19.4. The molecule has 67 valence electrons. The van der Waals surface area contributed by atoms with Gasteiger partial charge in [-0.05, 0) is 25.3 Å². The summed E-state index contributed by atoms with van der Waals surface area (Å²) >= 11 is 0. The zero-order chi connectivity index (χ0) is 9.35. The van der Waals surface area contributed by atoms with Gasteiger partial charge in [0.25, 0.3) is 0 Å². The predicted molar refractivity (Wildman–Crippen MR) is 41.4 cm³/mol. The normalized spacial score (nSPS) is 19.2. The Morgan fingerprint density at radius 2 is 2.08 bits per heavy atom. The lowest BCUT2D eigenvalue weighted by Gasteiger charge is -2.09. The van der Waals surface area contributed by atoms with E-state index in [4.69, 9.17) is 0 Å². The molecule has 1 rings (SSSR count). The molecule has 1 aliphatic carbocycles. The smallest absolute Gasteiger partial charge is 0.171 e. The van der Waals surface area contributed by atoms with Crippen LogP contribution in [0.25, 0.3) is 0 Å². The van der Waals surface area contributed by atoms with Crippen molar-refractivity contribution in [1.82, 2.24) is 0 Å². The molecule has 0 saturated carbocycles. The van der Waals surface area contributed by atoms with Crippen molar-refractivity contribution >= 4 is 0 Å². The molecule has 1 aliphatic rings. The van der Waals surface area contributed by atoms with Crippen molar-refractivity contribution in [3.8, 4) is 0 Å². The Kier molecular flexibility index (Phi) is 2.31. The molecule has 0 aromatic carbocycles. The van der Waals surface area contributed by atoms with Crippen molar-refractivity contribution in [2.45, 2.75) is 25.9 Å². The number of hydrogen-bond donors (Lipinski definition) is 0. The van der Waals surface area contributed by atoms with Gasteiger partial charge >= 0.3 is 6.18 Å². The van der Waals surface area contributed by atoms with Crippen LogP contribution in [0.15, 0.2) is 23.3 Å². The summed E-state index contributed by atoms with van der Waals surface area (Å²) in [6.45, 7) is 5.27. The number of rotatable bonds is 1. The molecule has 0 amide bonds. The Hall–Kier alpha value is -0.730. The molecule has 0 aromatic rings. The van der Waals surface area contributed by atoms with Crippen LogP contribution in [0.1, 0.15) is 19.8 Å². The van der Waals surface area contributed by atoms with Crippen LogP contribution in [0.2, 0.25) is 0 Å². The first-order valence-corrected chi connectivity index (χ1v) is 3.68. The summed E-state index contributed by atoms with van der Waals surface area (Å²) in [5.74, 6) is 0. The predicted octanol–water partition coefficient (Wildman–Crippen LogP) is 3.42. The molecule has 0 aromatic heterocycles. The average molecular weight is 175 g/mol. The Labute approximate surface area is 69.8 Å². The van der Waals surface area contributed by atoms with Gasteiger partial charge in [-0.15, -0.1) is 0 Å². The lowest BCUT2D eigenvalue weighted by Crippen LogP contribution is -2.08. The zero-order valence-electron chi connectivity index (χ0n) is 6.83. The molecule has 0 bridgehead atoms. The van der Waals surface area contributed by atoms with Crippen molar-refractivity contribution in [3.05, 3.63) is 29.7 Å². The Morgan fingerprint density at radius 1 is 1.50 bits per heavy atom. The number of allylic oxidation sites excluding steroid dienone is 3. The second kappa shape index (κ2) is 2.96. The van der Waals surface area contributed by atoms with E-state index in [0.29, 0.717) is 17.6 Å². The third kappa shape index (κ3) is 2.13. The molecule has 0 atom stereocenters. The van der Waals surface area contributed by atoms with E-state index in [9.17, 15) is 13.2 Å². The Morgan fingerprint density at radius 3 is 2.42 bits per heavy atom. The first-order chi connectivity index (χ1) is 5.40. The molecule has 0 saturated heterocycles. The van der Waals surface area contributed by atoms with Crippen LogP contribution < -0.4 is 0 Å². The first-order valence-electron chi connectivity index (χ1n) is 3.68. The van der Waals surface area contributed by atoms with Gasteiger partial charge in [-0.3, -0.25) is 0 Å². The number of halogens is 3. The second-order valence-corrected chi connectivity index (χ2v) is 2.97. The molecule has 0 nitrogen and oxygen atoms in total. The average Bonchev–Trinajstić information content (AvgIpc) is 2.16. The van der Waals surface area contributed by atoms with Crippen LogP contribution in [0, 0.1) is 6.42 Å². The highest BCUT2D eigenvalue weighted by Crippen LogP contribution is 2.36. The van der Waals surface area contributed by atoms with E-state index in [1.807, 2.05) is 0 Å². The molecule has 12 heavy (non-hydrogen) atoms. The largest absolute Gasteiger partial charge is 0.393 e. The van der Waals surface area contributed by atoms with E-state index in [2.05, 4.69) is 6.58 Å². The first kappa shape index (κ1) is 9.36. The molecular weight excluding hydrogens is 165 g/mol. The molecule has 0 fully saturated rings. The Balaban J connectivity index is 2.75. The van der Waals surface area contributed by atoms with Crippen LogP contribution in [0.3, 0.4) is 0 Å². The zero-order valence-corrected chi connectivity index (χ0v) is 6.83. The fourth-order valence-electron chi connectivity index (χ4n) is 1.27. The van der Waals surface area contributed by atoms with Gasteiger partial charge < -0.3 is 0 Å². The summed E-state index contributed by atoms with van der Waals surface area (Å²) in [7, 11) is 0. The minimum Gasteiger partial charge on any atom is -0.171 e. The van der Waals surface area contributed by atoms with E-state index < -0.39 is 12.6 Å². The maximum atomic E-state index is 12.0. The van der Waals surface area contributed by atoms with Gasteiger partial charge in [0.1, 0.15) is 0 Å². The highest BCUT2D eigenvalue weighted by molar-refractivity contribution is 5.44. The Bertz CT molecular complexity index is 233. The molecule has 0 spiro atoms. The maximum Gasteiger partial charge on any atom is 0.393 e. The van der Waals surface area contributed by atoms with Crippen molar-refractivity contribution in [1.29, 1.82) is 0 Å². The standard InChI is InChI=1S/C9H10F3/c1-6-3-4-7(2)8(6)5-9(10,11)12/h4H,1,3,5H2,2H3. The van der Waals surface area contributed by atoms with Crippen LogP contribution in [-0.2, 0) is 0 Å². The van der Waals surface area contributed by atoms with Crippen molar-refractivity contribution in [2.24, 2.45) is 0 Å². The molecular formula is C9H10F3. The van der Waals surface area contributed by atoms with Gasteiger partial charge in [0.05, 0.1) is 6.42 Å². The fraction of sp³-hybridized carbons (Fsp3) is 0.444. The van der Waals surface area contributed by atoms with E-state index in [0.717, 1.165) is 5.57 Å². The summed E-state index contributed by atoms with van der Waals surface area (Å²) in [6.07, 6.45) is -2.60. The van der Waals surface area contributed by atoms with Crippen LogP contribution in [0.4, 0.5) is 13.2 Å². The fourth-order valence-corrected chi connectivity index (χ4v) is 1.27. The molecule has 0 heterocycles. The number of alkyl halides is 3. The van der Waals surface area contributed by atoms with Gasteiger partial charge in [-0.1, -0.05) is 17.7 Å². The summed E-state index contributed by atoms with van der Waals surface area (Å²) in [4.78, 5) is 0. The molecule has 3 heteroatoms. The lowest BCUT2D eigenvalue weighted by molar-refractivity contribution is -0.126. The summed E-state index contributed by atoms with van der Waals surface area (Å²) in [5.41, 5.74) is 1.68. The van der Waals surface area contributed by atoms with Crippen molar-refractivity contribution < 1.29 is 13.2 Å². The van der Waals surface area contributed by atoms with E-state index >= 15 is 0 Å². The molecule has 1 radical (unpaired) electrons. The molecule has 0 unspecified atom stereocenters. The minimum absolute atomic E-state index is 0.363. The molecule has 0 N–H and O–H groups in total. The summed E-state index contributed by atoms with van der Waals surface area (Å²) in [6, 6.07) is 0. The van der Waals surface area contributed by atoms with Gasteiger partial charge in [0.15, 0.2) is 0 Å². The van der Waals surface area contributed by atoms with Crippen LogP contribution >= 0.6 is 0 Å². The topological polar surface area (TPSA) is 0 Å². The maximum absolute atomic E-state index is 12.0. The number of hydrogen-bond acceptors (Lipinski definition) is 0. The van der Waals surface area contributed by atoms with E-state index in [1.165, 1.54) is 0 Å². The minimum atomic E-state index is -4.11. The van der Waals surface area contributed by atoms with Gasteiger partial charge in [-0.2, -0.15) is 13.2 Å². The van der Waals surface area contributed by atoms with Crippen molar-refractivity contribution in [2.75, 3.05) is 0 Å². The van der Waals surface area contributed by atoms with Gasteiger partial charge in [-0.25, -0.2) is 0 Å². The van der Waals surface area contributed by atoms with E-state index in [1.54, 1.807) is 13.3 Å². The third-order valence-corrected chi connectivity index (χ3v) is 1.93. The monoisotopic (exact) mass is 175 g/mol. The summed E-state index contributed by atoms with van der Waals surface area (Å²) in [5, 5.41) is 0. The quantitative estimate of drug-likeness (QED) is 0.572. The highest BCUT2D eigenvalue weighted by Gasteiger charge is 2.31. The third-order valence-electron chi connectivity index (χ3n) is 1.93. The van der Waals surface area contributed by atoms with Gasteiger partial charge in [0.2, 0.25) is 0 Å². The van der Waals surface area contributed by atoms with Crippen LogP contribution in [-0.4, -0.2) is 6.18 Å². The molecule has 0 aliphatic heterocycles. The SMILES string of the molecule is C=C1C[CH]C(C)=C1CC(F)(F)F. The van der Waals surface area contributed by atoms with Crippen molar-refractivity contribution in [3.63, 3.8) is 0 Å². The van der Waals surface area contributed by atoms with Gasteiger partial charge in [0, 0.05) is 0 Å².